The normalized spacial score (nSPS) is 13.1. The Labute approximate surface area is 122 Å². The van der Waals surface area contributed by atoms with Crippen molar-refractivity contribution in [2.75, 3.05) is 20.6 Å². The molecule has 0 amide bonds. The van der Waals surface area contributed by atoms with Gasteiger partial charge in [0.05, 0.1) is 29.7 Å². The lowest BCUT2D eigenvalue weighted by atomic mass is 10.1. The topological polar surface area (TPSA) is 89.8 Å². The average molecular weight is 299 g/mol. The highest BCUT2D eigenvalue weighted by molar-refractivity contribution is 6.31. The van der Waals surface area contributed by atoms with Crippen molar-refractivity contribution in [3.63, 3.8) is 0 Å². The number of likely N-dealkylation sites (N-methyl/N-ethyl adjacent to an activating group) is 1. The number of halogens is 1. The summed E-state index contributed by atoms with van der Waals surface area (Å²) in [4.78, 5) is 2.08. The maximum Gasteiger partial charge on any atom is 0.110 e. The Morgan fingerprint density at radius 3 is 2.80 bits per heavy atom. The Bertz CT molecular complexity index is 561. The van der Waals surface area contributed by atoms with Crippen LogP contribution < -0.4 is 11.3 Å². The number of nitrogens with one attached hydrogen (secondary N) is 1. The van der Waals surface area contributed by atoms with Gasteiger partial charge in [0.2, 0.25) is 0 Å². The molecule has 2 aromatic rings. The third-order valence-electron chi connectivity index (χ3n) is 2.95. The highest BCUT2D eigenvalue weighted by Crippen LogP contribution is 2.26. The maximum absolute atomic E-state index is 6.24. The van der Waals surface area contributed by atoms with Crippen LogP contribution in [-0.4, -0.2) is 50.3 Å². The molecule has 1 atom stereocenters. The zero-order chi connectivity index (χ0) is 14.7. The standard InChI is InChI=1S/C11H19ClN8/c1-18(2)4-5-20-11(8(12)6-14-20)10(15-13)9-7-19(3)17-16-9/h6-7,10,15H,4-5,13H2,1-3H3. The number of hydrogen-bond donors (Lipinski definition) is 2. The Hall–Kier alpha value is -1.48. The van der Waals surface area contributed by atoms with Crippen LogP contribution in [0.2, 0.25) is 5.02 Å². The van der Waals surface area contributed by atoms with Gasteiger partial charge in [-0.2, -0.15) is 5.10 Å². The van der Waals surface area contributed by atoms with Crippen molar-refractivity contribution in [2.24, 2.45) is 12.9 Å². The van der Waals surface area contributed by atoms with E-state index in [4.69, 9.17) is 17.4 Å². The lowest BCUT2D eigenvalue weighted by molar-refractivity contribution is 0.365. The summed E-state index contributed by atoms with van der Waals surface area (Å²) in [7, 11) is 5.81. The van der Waals surface area contributed by atoms with Crippen LogP contribution in [0.4, 0.5) is 0 Å². The van der Waals surface area contributed by atoms with Crippen LogP contribution in [0.5, 0.6) is 0 Å². The van der Waals surface area contributed by atoms with Gasteiger partial charge < -0.3 is 4.90 Å². The van der Waals surface area contributed by atoms with Crippen LogP contribution in [-0.2, 0) is 13.6 Å². The first kappa shape index (κ1) is 14.9. The first-order chi connectivity index (χ1) is 9.52. The summed E-state index contributed by atoms with van der Waals surface area (Å²) in [6.45, 7) is 1.57. The van der Waals surface area contributed by atoms with Crippen LogP contribution in [0.3, 0.4) is 0 Å². The Morgan fingerprint density at radius 1 is 1.50 bits per heavy atom. The predicted molar refractivity (Wildman–Crippen MR) is 76.0 cm³/mol. The fraction of sp³-hybridized carbons (Fsp3) is 0.545. The molecular formula is C11H19ClN8. The van der Waals surface area contributed by atoms with Crippen LogP contribution in [0.25, 0.3) is 0 Å². The van der Waals surface area contributed by atoms with Gasteiger partial charge in [-0.3, -0.25) is 15.2 Å². The van der Waals surface area contributed by atoms with Crippen LogP contribution >= 0.6 is 11.6 Å². The molecule has 2 aromatic heterocycles. The molecule has 2 heterocycles. The highest BCUT2D eigenvalue weighted by atomic mass is 35.5. The summed E-state index contributed by atoms with van der Waals surface area (Å²) in [5.74, 6) is 5.66. The largest absolute Gasteiger partial charge is 0.308 e. The number of aromatic nitrogens is 5. The zero-order valence-electron chi connectivity index (χ0n) is 11.8. The summed E-state index contributed by atoms with van der Waals surface area (Å²) >= 11 is 6.24. The van der Waals surface area contributed by atoms with E-state index in [1.807, 2.05) is 18.8 Å². The second kappa shape index (κ2) is 6.31. The number of aryl methyl sites for hydroxylation is 1. The number of rotatable bonds is 6. The molecular weight excluding hydrogens is 280 g/mol. The first-order valence-corrected chi connectivity index (χ1v) is 6.59. The minimum absolute atomic E-state index is 0.346. The monoisotopic (exact) mass is 298 g/mol. The molecule has 0 aromatic carbocycles. The van der Waals surface area contributed by atoms with E-state index in [-0.39, 0.29) is 6.04 Å². The molecule has 3 N–H and O–H groups in total. The van der Waals surface area contributed by atoms with E-state index in [1.165, 1.54) is 0 Å². The quantitative estimate of drug-likeness (QED) is 0.566. The van der Waals surface area contributed by atoms with Crippen LogP contribution in [0, 0.1) is 0 Å². The summed E-state index contributed by atoms with van der Waals surface area (Å²) in [5, 5.41) is 12.8. The summed E-state index contributed by atoms with van der Waals surface area (Å²) in [6.07, 6.45) is 3.41. The van der Waals surface area contributed by atoms with Crippen molar-refractivity contribution < 1.29 is 0 Å². The highest BCUT2D eigenvalue weighted by Gasteiger charge is 2.23. The smallest absolute Gasteiger partial charge is 0.110 e. The van der Waals surface area contributed by atoms with Gasteiger partial charge in [-0.1, -0.05) is 16.8 Å². The third kappa shape index (κ3) is 3.15. The van der Waals surface area contributed by atoms with Crippen molar-refractivity contribution in [3.05, 3.63) is 28.8 Å². The molecule has 20 heavy (non-hydrogen) atoms. The van der Waals surface area contributed by atoms with Crippen LogP contribution in [0.15, 0.2) is 12.4 Å². The number of hydrazine groups is 1. The Kier molecular flexibility index (Phi) is 4.71. The molecule has 110 valence electrons. The fourth-order valence-electron chi connectivity index (χ4n) is 1.93. The Morgan fingerprint density at radius 2 is 2.25 bits per heavy atom. The van der Waals surface area contributed by atoms with E-state index >= 15 is 0 Å². The average Bonchev–Trinajstić information content (AvgIpc) is 2.97. The van der Waals surface area contributed by atoms with Crippen molar-refractivity contribution in [2.45, 2.75) is 12.6 Å². The van der Waals surface area contributed by atoms with E-state index in [1.54, 1.807) is 24.1 Å². The van der Waals surface area contributed by atoms with Gasteiger partial charge in [-0.25, -0.2) is 5.43 Å². The van der Waals surface area contributed by atoms with Gasteiger partial charge >= 0.3 is 0 Å². The SMILES string of the molecule is CN(C)CCn1ncc(Cl)c1C(NN)c1cn(C)nn1. The lowest BCUT2D eigenvalue weighted by Gasteiger charge is -2.17. The molecule has 0 saturated heterocycles. The molecule has 0 fully saturated rings. The van der Waals surface area contributed by atoms with Gasteiger partial charge in [-0.15, -0.1) is 5.10 Å². The second-order valence-electron chi connectivity index (χ2n) is 4.82. The molecule has 0 aliphatic rings. The van der Waals surface area contributed by atoms with Gasteiger partial charge in [0.1, 0.15) is 11.7 Å². The van der Waals surface area contributed by atoms with E-state index in [0.717, 1.165) is 12.2 Å². The fourth-order valence-corrected chi connectivity index (χ4v) is 2.18. The number of nitrogens with two attached hydrogens (primary N) is 1. The second-order valence-corrected chi connectivity index (χ2v) is 5.23. The summed E-state index contributed by atoms with van der Waals surface area (Å²) in [6, 6.07) is -0.346. The molecule has 0 radical (unpaired) electrons. The van der Waals surface area contributed by atoms with Crippen molar-refractivity contribution in [3.8, 4) is 0 Å². The molecule has 2 rings (SSSR count). The minimum Gasteiger partial charge on any atom is -0.308 e. The first-order valence-electron chi connectivity index (χ1n) is 6.21. The van der Waals surface area contributed by atoms with Crippen molar-refractivity contribution >= 4 is 11.6 Å². The van der Waals surface area contributed by atoms with E-state index < -0.39 is 0 Å². The molecule has 0 spiro atoms. The van der Waals surface area contributed by atoms with Crippen molar-refractivity contribution in [1.29, 1.82) is 0 Å². The summed E-state index contributed by atoms with van der Waals surface area (Å²) < 4.78 is 3.45. The van der Waals surface area contributed by atoms with E-state index in [0.29, 0.717) is 17.3 Å². The van der Waals surface area contributed by atoms with Gasteiger partial charge in [0, 0.05) is 13.6 Å². The molecule has 0 aliphatic carbocycles. The van der Waals surface area contributed by atoms with E-state index in [9.17, 15) is 0 Å². The van der Waals surface area contributed by atoms with Crippen molar-refractivity contribution in [1.82, 2.24) is 35.1 Å². The molecule has 0 aliphatic heterocycles. The zero-order valence-corrected chi connectivity index (χ0v) is 12.5. The van der Waals surface area contributed by atoms with Crippen LogP contribution in [0.1, 0.15) is 17.4 Å². The Balaban J connectivity index is 2.31. The molecule has 0 saturated carbocycles. The number of nitrogens with zero attached hydrogens (tertiary/aromatic N) is 6. The maximum atomic E-state index is 6.24. The van der Waals surface area contributed by atoms with Gasteiger partial charge in [-0.05, 0) is 14.1 Å². The number of hydrogen-bond acceptors (Lipinski definition) is 6. The minimum atomic E-state index is -0.346. The molecule has 0 bridgehead atoms. The lowest BCUT2D eigenvalue weighted by Crippen LogP contribution is -2.32. The van der Waals surface area contributed by atoms with Gasteiger partial charge in [0.25, 0.3) is 0 Å². The molecule has 9 heteroatoms. The van der Waals surface area contributed by atoms with Gasteiger partial charge in [0.15, 0.2) is 0 Å². The van der Waals surface area contributed by atoms with E-state index in [2.05, 4.69) is 25.7 Å². The predicted octanol–water partition coefficient (Wildman–Crippen LogP) is -0.221. The molecule has 1 unspecified atom stereocenters. The third-order valence-corrected chi connectivity index (χ3v) is 3.24. The summed E-state index contributed by atoms with van der Waals surface area (Å²) in [5.41, 5.74) is 4.21. The molecule has 8 nitrogen and oxygen atoms in total.